The van der Waals surface area contributed by atoms with Gasteiger partial charge in [0.05, 0.1) is 12.7 Å². The number of anilines is 1. The summed E-state index contributed by atoms with van der Waals surface area (Å²) in [6, 6.07) is 0. The fraction of sp³-hybridized carbons (Fsp3) is 0.636. The second kappa shape index (κ2) is 4.47. The van der Waals surface area contributed by atoms with Crippen molar-refractivity contribution in [3.05, 3.63) is 11.9 Å². The molecule has 4 heteroatoms. The van der Waals surface area contributed by atoms with Crippen LogP contribution in [-0.4, -0.2) is 22.6 Å². The fourth-order valence-corrected chi connectivity index (χ4v) is 1.17. The van der Waals surface area contributed by atoms with Crippen LogP contribution in [0.2, 0.25) is 0 Å². The molecule has 0 radical (unpaired) electrons. The first kappa shape index (κ1) is 11.8. The standard InChI is InChI=1S/C11H19N3O/c1-6-11(3,4)14-9-8(2)10(15-5)13-7-12-9/h7H,6H2,1-5H3,(H,12,13,14). The zero-order valence-corrected chi connectivity index (χ0v) is 10.1. The first-order chi connectivity index (χ1) is 7.00. The first-order valence-corrected chi connectivity index (χ1v) is 5.14. The van der Waals surface area contributed by atoms with Gasteiger partial charge >= 0.3 is 0 Å². The van der Waals surface area contributed by atoms with E-state index in [0.717, 1.165) is 17.8 Å². The van der Waals surface area contributed by atoms with Crippen molar-refractivity contribution in [1.29, 1.82) is 0 Å². The van der Waals surface area contributed by atoms with E-state index in [0.29, 0.717) is 5.88 Å². The maximum absolute atomic E-state index is 5.14. The summed E-state index contributed by atoms with van der Waals surface area (Å²) in [7, 11) is 1.62. The van der Waals surface area contributed by atoms with Crippen molar-refractivity contribution >= 4 is 5.82 Å². The SMILES string of the molecule is CCC(C)(C)Nc1ncnc(OC)c1C. The highest BCUT2D eigenvalue weighted by molar-refractivity contribution is 5.49. The van der Waals surface area contributed by atoms with E-state index in [2.05, 4.69) is 36.1 Å². The Balaban J connectivity index is 2.95. The van der Waals surface area contributed by atoms with Gasteiger partial charge in [0, 0.05) is 5.54 Å². The second-order valence-electron chi connectivity index (χ2n) is 4.22. The third kappa shape index (κ3) is 2.81. The molecule has 0 aliphatic rings. The van der Waals surface area contributed by atoms with Crippen molar-refractivity contribution in [1.82, 2.24) is 9.97 Å². The van der Waals surface area contributed by atoms with Crippen LogP contribution < -0.4 is 10.1 Å². The lowest BCUT2D eigenvalue weighted by atomic mass is 10.0. The van der Waals surface area contributed by atoms with Gasteiger partial charge in [-0.15, -0.1) is 0 Å². The molecule has 0 bridgehead atoms. The smallest absolute Gasteiger partial charge is 0.221 e. The Morgan fingerprint density at radius 2 is 2.07 bits per heavy atom. The molecule has 1 heterocycles. The molecule has 0 atom stereocenters. The van der Waals surface area contributed by atoms with Gasteiger partial charge in [0.15, 0.2) is 0 Å². The topological polar surface area (TPSA) is 47.0 Å². The van der Waals surface area contributed by atoms with Gasteiger partial charge in [-0.25, -0.2) is 9.97 Å². The van der Waals surface area contributed by atoms with Crippen molar-refractivity contribution in [2.45, 2.75) is 39.7 Å². The van der Waals surface area contributed by atoms with Crippen LogP contribution in [0.1, 0.15) is 32.8 Å². The van der Waals surface area contributed by atoms with Crippen LogP contribution in [0.25, 0.3) is 0 Å². The summed E-state index contributed by atoms with van der Waals surface area (Å²) in [6.45, 7) is 8.37. The monoisotopic (exact) mass is 209 g/mol. The van der Waals surface area contributed by atoms with Crippen molar-refractivity contribution in [2.75, 3.05) is 12.4 Å². The number of aromatic nitrogens is 2. The predicted molar refractivity (Wildman–Crippen MR) is 61.3 cm³/mol. The Bertz CT molecular complexity index is 337. The molecule has 0 aliphatic heterocycles. The summed E-state index contributed by atoms with van der Waals surface area (Å²) >= 11 is 0. The molecular formula is C11H19N3O. The third-order valence-electron chi connectivity index (χ3n) is 2.57. The number of rotatable bonds is 4. The molecule has 84 valence electrons. The molecule has 0 aliphatic carbocycles. The third-order valence-corrected chi connectivity index (χ3v) is 2.57. The molecule has 0 unspecified atom stereocenters. The number of methoxy groups -OCH3 is 1. The van der Waals surface area contributed by atoms with E-state index < -0.39 is 0 Å². The maximum atomic E-state index is 5.14. The predicted octanol–water partition coefficient (Wildman–Crippen LogP) is 2.39. The Hall–Kier alpha value is -1.32. The Labute approximate surface area is 91.1 Å². The normalized spacial score (nSPS) is 11.3. The van der Waals surface area contributed by atoms with Crippen LogP contribution in [0.3, 0.4) is 0 Å². The van der Waals surface area contributed by atoms with E-state index in [4.69, 9.17) is 4.74 Å². The van der Waals surface area contributed by atoms with E-state index in [1.807, 2.05) is 6.92 Å². The molecule has 1 rings (SSSR count). The molecule has 1 aromatic rings. The number of hydrogen-bond donors (Lipinski definition) is 1. The highest BCUT2D eigenvalue weighted by Gasteiger charge is 2.17. The summed E-state index contributed by atoms with van der Waals surface area (Å²) in [5, 5.41) is 3.38. The van der Waals surface area contributed by atoms with Gasteiger partial charge in [-0.2, -0.15) is 0 Å². The molecule has 4 nitrogen and oxygen atoms in total. The minimum absolute atomic E-state index is 0.0319. The number of hydrogen-bond acceptors (Lipinski definition) is 4. The van der Waals surface area contributed by atoms with E-state index in [1.54, 1.807) is 7.11 Å². The van der Waals surface area contributed by atoms with Crippen molar-refractivity contribution in [3.63, 3.8) is 0 Å². The number of ether oxygens (including phenoxy) is 1. The molecule has 0 amide bonds. The summed E-state index contributed by atoms with van der Waals surface area (Å²) < 4.78 is 5.14. The minimum atomic E-state index is 0.0319. The number of nitrogens with one attached hydrogen (secondary N) is 1. The van der Waals surface area contributed by atoms with Gasteiger partial charge in [-0.05, 0) is 27.2 Å². The van der Waals surface area contributed by atoms with E-state index in [-0.39, 0.29) is 5.54 Å². The summed E-state index contributed by atoms with van der Waals surface area (Å²) in [6.07, 6.45) is 2.54. The molecular weight excluding hydrogens is 190 g/mol. The Kier molecular flexibility index (Phi) is 3.50. The highest BCUT2D eigenvalue weighted by Crippen LogP contribution is 2.23. The minimum Gasteiger partial charge on any atom is -0.481 e. The van der Waals surface area contributed by atoms with Crippen LogP contribution in [0, 0.1) is 6.92 Å². The quantitative estimate of drug-likeness (QED) is 0.827. The zero-order chi connectivity index (χ0) is 11.5. The number of nitrogens with zero attached hydrogens (tertiary/aromatic N) is 2. The van der Waals surface area contributed by atoms with E-state index >= 15 is 0 Å². The summed E-state index contributed by atoms with van der Waals surface area (Å²) in [5.41, 5.74) is 0.978. The van der Waals surface area contributed by atoms with Gasteiger partial charge in [0.25, 0.3) is 0 Å². The summed E-state index contributed by atoms with van der Waals surface area (Å²) in [4.78, 5) is 8.26. The molecule has 1 N–H and O–H groups in total. The van der Waals surface area contributed by atoms with Crippen molar-refractivity contribution in [2.24, 2.45) is 0 Å². The zero-order valence-electron chi connectivity index (χ0n) is 10.1. The molecule has 0 fully saturated rings. The van der Waals surface area contributed by atoms with Crippen LogP contribution >= 0.6 is 0 Å². The Morgan fingerprint density at radius 1 is 1.40 bits per heavy atom. The second-order valence-corrected chi connectivity index (χ2v) is 4.22. The lowest BCUT2D eigenvalue weighted by Gasteiger charge is -2.26. The van der Waals surface area contributed by atoms with Crippen molar-refractivity contribution < 1.29 is 4.74 Å². The van der Waals surface area contributed by atoms with E-state index in [9.17, 15) is 0 Å². The Morgan fingerprint density at radius 3 is 2.60 bits per heavy atom. The molecule has 0 spiro atoms. The van der Waals surface area contributed by atoms with E-state index in [1.165, 1.54) is 6.33 Å². The molecule has 0 aromatic carbocycles. The van der Waals surface area contributed by atoms with Crippen LogP contribution in [0.5, 0.6) is 5.88 Å². The van der Waals surface area contributed by atoms with Crippen molar-refractivity contribution in [3.8, 4) is 5.88 Å². The molecule has 0 saturated carbocycles. The first-order valence-electron chi connectivity index (χ1n) is 5.14. The largest absolute Gasteiger partial charge is 0.481 e. The average Bonchev–Trinajstić information content (AvgIpc) is 2.21. The lowest BCUT2D eigenvalue weighted by Crippen LogP contribution is -2.30. The molecule has 0 saturated heterocycles. The van der Waals surface area contributed by atoms with Gasteiger partial charge < -0.3 is 10.1 Å². The van der Waals surface area contributed by atoms with Gasteiger partial charge in [-0.3, -0.25) is 0 Å². The van der Waals surface area contributed by atoms with Crippen LogP contribution in [0.4, 0.5) is 5.82 Å². The van der Waals surface area contributed by atoms with Gasteiger partial charge in [0.1, 0.15) is 12.1 Å². The maximum Gasteiger partial charge on any atom is 0.221 e. The lowest BCUT2D eigenvalue weighted by molar-refractivity contribution is 0.393. The van der Waals surface area contributed by atoms with Gasteiger partial charge in [0.2, 0.25) is 5.88 Å². The average molecular weight is 209 g/mol. The molecule has 1 aromatic heterocycles. The summed E-state index contributed by atoms with van der Waals surface area (Å²) in [5.74, 6) is 1.47. The highest BCUT2D eigenvalue weighted by atomic mass is 16.5. The van der Waals surface area contributed by atoms with Gasteiger partial charge in [-0.1, -0.05) is 6.92 Å². The fourth-order valence-electron chi connectivity index (χ4n) is 1.17. The molecule has 15 heavy (non-hydrogen) atoms. The van der Waals surface area contributed by atoms with Crippen LogP contribution in [0.15, 0.2) is 6.33 Å². The van der Waals surface area contributed by atoms with Crippen LogP contribution in [-0.2, 0) is 0 Å².